The van der Waals surface area contributed by atoms with Crippen LogP contribution in [0.2, 0.25) is 0 Å². The van der Waals surface area contributed by atoms with Crippen LogP contribution in [0.3, 0.4) is 0 Å². The van der Waals surface area contributed by atoms with E-state index in [-0.39, 0.29) is 18.3 Å². The van der Waals surface area contributed by atoms with Gasteiger partial charge in [0.1, 0.15) is 5.82 Å². The van der Waals surface area contributed by atoms with Crippen molar-refractivity contribution in [3.8, 4) is 0 Å². The molecule has 0 N–H and O–H groups in total. The number of likely N-dealkylation sites (N-methyl/N-ethyl adjacent to an activating group) is 1. The van der Waals surface area contributed by atoms with Gasteiger partial charge in [-0.05, 0) is 11.1 Å². The van der Waals surface area contributed by atoms with Crippen molar-refractivity contribution in [1.82, 2.24) is 14.5 Å². The summed E-state index contributed by atoms with van der Waals surface area (Å²) in [5.41, 5.74) is 1.71. The summed E-state index contributed by atoms with van der Waals surface area (Å²) in [6.07, 6.45) is 2.52. The highest BCUT2D eigenvalue weighted by atomic mass is 19.3. The van der Waals surface area contributed by atoms with E-state index in [1.807, 2.05) is 60.7 Å². The summed E-state index contributed by atoms with van der Waals surface area (Å²) in [4.78, 5) is 18.5. The maximum absolute atomic E-state index is 13.2. The number of amides is 1. The molecule has 3 aromatic rings. The number of alkyl halides is 2. The number of halogens is 2. The number of rotatable bonds is 6. The second-order valence-electron chi connectivity index (χ2n) is 5.98. The molecule has 0 spiro atoms. The minimum atomic E-state index is -2.69. The van der Waals surface area contributed by atoms with Gasteiger partial charge in [0.05, 0.1) is 12.5 Å². The molecule has 0 unspecified atom stereocenters. The van der Waals surface area contributed by atoms with Crippen LogP contribution in [-0.4, -0.2) is 27.4 Å². The lowest BCUT2D eigenvalue weighted by atomic mass is 9.90. The summed E-state index contributed by atoms with van der Waals surface area (Å²) in [6.45, 7) is -2.68. The predicted molar refractivity (Wildman–Crippen MR) is 94.7 cm³/mol. The Balaban J connectivity index is 1.89. The number of hydrogen-bond acceptors (Lipinski definition) is 2. The molecule has 2 aromatic carbocycles. The molecule has 0 aliphatic heterocycles. The van der Waals surface area contributed by atoms with Gasteiger partial charge in [0.25, 0.3) is 0 Å². The van der Waals surface area contributed by atoms with Gasteiger partial charge in [0, 0.05) is 19.4 Å². The smallest absolute Gasteiger partial charge is 0.319 e. The van der Waals surface area contributed by atoms with Crippen LogP contribution < -0.4 is 0 Å². The quantitative estimate of drug-likeness (QED) is 0.669. The van der Waals surface area contributed by atoms with E-state index in [0.29, 0.717) is 0 Å². The zero-order valence-corrected chi connectivity index (χ0v) is 14.3. The second kappa shape index (κ2) is 7.91. The molecule has 1 amide bonds. The van der Waals surface area contributed by atoms with Crippen molar-refractivity contribution >= 4 is 5.91 Å². The molecule has 0 fully saturated rings. The van der Waals surface area contributed by atoms with Gasteiger partial charge in [-0.1, -0.05) is 60.7 Å². The van der Waals surface area contributed by atoms with Gasteiger partial charge >= 0.3 is 6.55 Å². The molecule has 0 bridgehead atoms. The zero-order chi connectivity index (χ0) is 18.5. The van der Waals surface area contributed by atoms with Gasteiger partial charge in [-0.15, -0.1) is 0 Å². The molecule has 4 nitrogen and oxygen atoms in total. The summed E-state index contributed by atoms with van der Waals surface area (Å²) >= 11 is 0. The van der Waals surface area contributed by atoms with Crippen molar-refractivity contribution in [2.45, 2.75) is 19.0 Å². The van der Waals surface area contributed by atoms with Gasteiger partial charge in [0.2, 0.25) is 5.91 Å². The molecule has 26 heavy (non-hydrogen) atoms. The van der Waals surface area contributed by atoms with Crippen LogP contribution in [-0.2, 0) is 11.3 Å². The maximum atomic E-state index is 13.2. The lowest BCUT2D eigenvalue weighted by Crippen LogP contribution is -2.33. The molecule has 6 heteroatoms. The minimum Gasteiger partial charge on any atom is -0.337 e. The highest BCUT2D eigenvalue weighted by Crippen LogP contribution is 2.27. The van der Waals surface area contributed by atoms with E-state index < -0.39 is 12.5 Å². The van der Waals surface area contributed by atoms with E-state index in [2.05, 4.69) is 4.98 Å². The van der Waals surface area contributed by atoms with Crippen molar-refractivity contribution in [1.29, 1.82) is 0 Å². The van der Waals surface area contributed by atoms with E-state index in [0.717, 1.165) is 15.7 Å². The van der Waals surface area contributed by atoms with Gasteiger partial charge in [0.15, 0.2) is 0 Å². The summed E-state index contributed by atoms with van der Waals surface area (Å²) in [5.74, 6) is -0.528. The predicted octanol–water partition coefficient (Wildman–Crippen LogP) is 4.07. The summed E-state index contributed by atoms with van der Waals surface area (Å²) in [6, 6.07) is 18.9. The Labute approximate surface area is 150 Å². The Hall–Kier alpha value is -3.02. The van der Waals surface area contributed by atoms with Crippen LogP contribution in [0, 0.1) is 0 Å². The molecule has 0 atom stereocenters. The lowest BCUT2D eigenvalue weighted by Gasteiger charge is -2.24. The molecule has 0 aliphatic rings. The van der Waals surface area contributed by atoms with Crippen LogP contribution in [0.1, 0.15) is 29.4 Å². The van der Waals surface area contributed by atoms with E-state index in [9.17, 15) is 13.6 Å². The summed E-state index contributed by atoms with van der Waals surface area (Å²) < 4.78 is 26.8. The molecule has 1 aromatic heterocycles. The largest absolute Gasteiger partial charge is 0.337 e. The van der Waals surface area contributed by atoms with Gasteiger partial charge in [-0.25, -0.2) is 4.98 Å². The summed E-state index contributed by atoms with van der Waals surface area (Å²) in [7, 11) is 1.60. The molecule has 134 valence electrons. The molecule has 3 rings (SSSR count). The first-order valence-corrected chi connectivity index (χ1v) is 8.22. The number of imidazole rings is 1. The Kier molecular flexibility index (Phi) is 5.41. The van der Waals surface area contributed by atoms with Crippen molar-refractivity contribution in [3.63, 3.8) is 0 Å². The standard InChI is InChI=1S/C20H19F2N3O/c1-24(14-17-23-12-13-25(17)20(21)22)19(26)18(15-8-4-2-5-9-15)16-10-6-3-7-11-16/h2-13,18,20H,14H2,1H3. The molecule has 0 saturated carbocycles. The molecular formula is C20H19F2N3O. The zero-order valence-electron chi connectivity index (χ0n) is 14.3. The van der Waals surface area contributed by atoms with Crippen LogP contribution in [0.25, 0.3) is 0 Å². The first kappa shape index (κ1) is 17.8. The first-order valence-electron chi connectivity index (χ1n) is 8.22. The number of aromatic nitrogens is 2. The average Bonchev–Trinajstić information content (AvgIpc) is 3.12. The Morgan fingerprint density at radius 3 is 2.08 bits per heavy atom. The monoisotopic (exact) mass is 355 g/mol. The third-order valence-corrected chi connectivity index (χ3v) is 4.23. The second-order valence-corrected chi connectivity index (χ2v) is 5.98. The highest BCUT2D eigenvalue weighted by Gasteiger charge is 2.26. The SMILES string of the molecule is CN(Cc1nccn1C(F)F)C(=O)C(c1ccccc1)c1ccccc1. The molecule has 1 heterocycles. The van der Waals surface area contributed by atoms with Crippen molar-refractivity contribution in [2.24, 2.45) is 0 Å². The van der Waals surface area contributed by atoms with E-state index in [4.69, 9.17) is 0 Å². The van der Waals surface area contributed by atoms with Gasteiger partial charge in [-0.2, -0.15) is 8.78 Å². The van der Waals surface area contributed by atoms with E-state index in [1.165, 1.54) is 17.3 Å². The number of carbonyl (C=O) groups is 1. The van der Waals surface area contributed by atoms with E-state index >= 15 is 0 Å². The minimum absolute atomic E-state index is 0.00629. The van der Waals surface area contributed by atoms with Crippen molar-refractivity contribution in [3.05, 3.63) is 90.0 Å². The molecular weight excluding hydrogens is 336 g/mol. The van der Waals surface area contributed by atoms with Gasteiger partial charge in [-0.3, -0.25) is 9.36 Å². The molecule has 0 aliphatic carbocycles. The van der Waals surface area contributed by atoms with Crippen LogP contribution in [0.4, 0.5) is 8.78 Å². The van der Waals surface area contributed by atoms with E-state index in [1.54, 1.807) is 7.05 Å². The maximum Gasteiger partial charge on any atom is 0.319 e. The number of carbonyl (C=O) groups excluding carboxylic acids is 1. The molecule has 0 saturated heterocycles. The Morgan fingerprint density at radius 1 is 1.04 bits per heavy atom. The fourth-order valence-corrected chi connectivity index (χ4v) is 2.92. The Bertz CT molecular complexity index is 810. The third-order valence-electron chi connectivity index (χ3n) is 4.23. The average molecular weight is 355 g/mol. The van der Waals surface area contributed by atoms with Crippen LogP contribution >= 0.6 is 0 Å². The first-order chi connectivity index (χ1) is 12.6. The third kappa shape index (κ3) is 3.79. The van der Waals surface area contributed by atoms with Gasteiger partial charge < -0.3 is 4.90 Å². The highest BCUT2D eigenvalue weighted by molar-refractivity contribution is 5.87. The molecule has 0 radical (unpaired) electrons. The Morgan fingerprint density at radius 2 is 1.58 bits per heavy atom. The normalized spacial score (nSPS) is 11.1. The lowest BCUT2D eigenvalue weighted by molar-refractivity contribution is -0.131. The van der Waals surface area contributed by atoms with Crippen molar-refractivity contribution in [2.75, 3.05) is 7.05 Å². The number of benzene rings is 2. The van der Waals surface area contributed by atoms with Crippen LogP contribution in [0.15, 0.2) is 73.1 Å². The van der Waals surface area contributed by atoms with Crippen LogP contribution in [0.5, 0.6) is 0 Å². The van der Waals surface area contributed by atoms with Crippen molar-refractivity contribution < 1.29 is 13.6 Å². The summed E-state index contributed by atoms with van der Waals surface area (Å²) in [5, 5.41) is 0. The topological polar surface area (TPSA) is 38.1 Å². The number of hydrogen-bond donors (Lipinski definition) is 0. The fourth-order valence-electron chi connectivity index (χ4n) is 2.92. The number of nitrogens with zero attached hydrogens (tertiary/aromatic N) is 3. The fraction of sp³-hybridized carbons (Fsp3) is 0.200.